The third-order valence-electron chi connectivity index (χ3n) is 2.47. The van der Waals surface area contributed by atoms with E-state index in [2.05, 4.69) is 5.32 Å². The molecule has 0 aliphatic heterocycles. The van der Waals surface area contributed by atoms with Gasteiger partial charge in [0, 0.05) is 12.2 Å². The number of rotatable bonds is 5. The minimum absolute atomic E-state index is 0.0173. The van der Waals surface area contributed by atoms with Crippen molar-refractivity contribution in [3.8, 4) is 12.1 Å². The molecule has 1 aromatic carbocycles. The first-order valence-corrected chi connectivity index (χ1v) is 5.80. The Bertz CT molecular complexity index is 525. The maximum atomic E-state index is 11.9. The summed E-state index contributed by atoms with van der Waals surface area (Å²) in [5.41, 5.74) is 7.08. The number of amides is 1. The number of nitrogens with one attached hydrogen (secondary N) is 1. The van der Waals surface area contributed by atoms with Gasteiger partial charge in [-0.3, -0.25) is 4.79 Å². The van der Waals surface area contributed by atoms with Gasteiger partial charge in [0.2, 0.25) is 0 Å². The molecule has 1 aromatic rings. The van der Waals surface area contributed by atoms with Crippen molar-refractivity contribution in [2.24, 2.45) is 0 Å². The Morgan fingerprint density at radius 2 is 2.00 bits per heavy atom. The van der Waals surface area contributed by atoms with E-state index in [1.54, 1.807) is 18.2 Å². The fraction of sp³-hybridized carbons (Fsp3) is 0.308. The van der Waals surface area contributed by atoms with E-state index >= 15 is 0 Å². The molecule has 19 heavy (non-hydrogen) atoms. The third-order valence-corrected chi connectivity index (χ3v) is 2.47. The first kappa shape index (κ1) is 14.3. The lowest BCUT2D eigenvalue weighted by atomic mass is 10.1. The lowest BCUT2D eigenvalue weighted by molar-refractivity contribution is 0.0956. The molecule has 0 aliphatic rings. The zero-order valence-electron chi connectivity index (χ0n) is 10.7. The number of hydrogen-bond donors (Lipinski definition) is 2. The van der Waals surface area contributed by atoms with Gasteiger partial charge in [0.1, 0.15) is 13.1 Å². The number of nitrogens with zero attached hydrogens (tertiary/aromatic N) is 3. The number of anilines is 2. The quantitative estimate of drug-likeness (QED) is 0.601. The minimum atomic E-state index is -0.252. The second kappa shape index (κ2) is 6.87. The first-order valence-electron chi connectivity index (χ1n) is 5.80. The van der Waals surface area contributed by atoms with Crippen LogP contribution < -0.4 is 16.0 Å². The van der Waals surface area contributed by atoms with Crippen LogP contribution in [0.25, 0.3) is 0 Å². The van der Waals surface area contributed by atoms with Crippen molar-refractivity contribution in [1.82, 2.24) is 5.32 Å². The molecule has 0 heterocycles. The topological polar surface area (TPSA) is 106 Å². The van der Waals surface area contributed by atoms with Crippen molar-refractivity contribution < 1.29 is 4.79 Å². The molecule has 0 atom stereocenters. The summed E-state index contributed by atoms with van der Waals surface area (Å²) in [6, 6.07) is 8.75. The lowest BCUT2D eigenvalue weighted by Gasteiger charge is -2.21. The van der Waals surface area contributed by atoms with Gasteiger partial charge in [-0.15, -0.1) is 0 Å². The van der Waals surface area contributed by atoms with Crippen LogP contribution >= 0.6 is 0 Å². The number of nitriles is 2. The predicted molar refractivity (Wildman–Crippen MR) is 72.3 cm³/mol. The van der Waals surface area contributed by atoms with E-state index in [1.165, 1.54) is 4.90 Å². The van der Waals surface area contributed by atoms with Gasteiger partial charge in [-0.05, 0) is 25.1 Å². The summed E-state index contributed by atoms with van der Waals surface area (Å²) >= 11 is 0. The predicted octanol–water partition coefficient (Wildman–Crippen LogP) is 0.872. The lowest BCUT2D eigenvalue weighted by Crippen LogP contribution is -2.29. The fourth-order valence-corrected chi connectivity index (χ4v) is 1.66. The molecule has 98 valence electrons. The van der Waals surface area contributed by atoms with Crippen LogP contribution in [0.2, 0.25) is 0 Å². The van der Waals surface area contributed by atoms with Crippen LogP contribution in [0.15, 0.2) is 18.2 Å². The summed E-state index contributed by atoms with van der Waals surface area (Å²) < 4.78 is 0. The van der Waals surface area contributed by atoms with Crippen LogP contribution in [-0.2, 0) is 0 Å². The van der Waals surface area contributed by atoms with E-state index in [0.717, 1.165) is 0 Å². The van der Waals surface area contributed by atoms with Gasteiger partial charge in [0.05, 0.1) is 23.4 Å². The molecule has 0 radical (unpaired) electrons. The van der Waals surface area contributed by atoms with E-state index in [0.29, 0.717) is 23.5 Å². The second-order valence-electron chi connectivity index (χ2n) is 3.81. The van der Waals surface area contributed by atoms with Gasteiger partial charge in [-0.2, -0.15) is 10.5 Å². The van der Waals surface area contributed by atoms with Crippen LogP contribution in [-0.4, -0.2) is 25.5 Å². The Kier molecular flexibility index (Phi) is 5.18. The van der Waals surface area contributed by atoms with Crippen molar-refractivity contribution >= 4 is 17.3 Å². The van der Waals surface area contributed by atoms with Gasteiger partial charge >= 0.3 is 0 Å². The highest BCUT2D eigenvalue weighted by atomic mass is 16.1. The van der Waals surface area contributed by atoms with Gasteiger partial charge in [-0.25, -0.2) is 0 Å². The van der Waals surface area contributed by atoms with Crippen molar-refractivity contribution in [3.05, 3.63) is 23.8 Å². The maximum Gasteiger partial charge on any atom is 0.253 e. The van der Waals surface area contributed by atoms with Crippen LogP contribution in [0.1, 0.15) is 17.3 Å². The number of carbonyl (C=O) groups excluding carboxylic acids is 1. The zero-order valence-corrected chi connectivity index (χ0v) is 10.7. The van der Waals surface area contributed by atoms with E-state index in [4.69, 9.17) is 16.3 Å². The van der Waals surface area contributed by atoms with E-state index < -0.39 is 0 Å². The molecule has 6 nitrogen and oxygen atoms in total. The smallest absolute Gasteiger partial charge is 0.253 e. The number of benzene rings is 1. The molecule has 0 bridgehead atoms. The standard InChI is InChI=1S/C13H15N5O/c1-2-17-13(19)11-4-3-10(16)9-12(11)18(7-5-14)8-6-15/h3-4,9H,2,7-8,16H2,1H3,(H,17,19). The summed E-state index contributed by atoms with van der Waals surface area (Å²) in [6.45, 7) is 2.35. The average Bonchev–Trinajstić information content (AvgIpc) is 2.38. The highest BCUT2D eigenvalue weighted by molar-refractivity contribution is 6.00. The average molecular weight is 257 g/mol. The molecule has 0 aliphatic carbocycles. The molecule has 0 spiro atoms. The Morgan fingerprint density at radius 3 is 2.53 bits per heavy atom. The molecule has 0 unspecified atom stereocenters. The Morgan fingerprint density at radius 1 is 1.37 bits per heavy atom. The van der Waals surface area contributed by atoms with E-state index in [1.807, 2.05) is 19.1 Å². The zero-order chi connectivity index (χ0) is 14.3. The summed E-state index contributed by atoms with van der Waals surface area (Å²) in [4.78, 5) is 13.5. The molecule has 0 saturated carbocycles. The molecule has 0 aromatic heterocycles. The highest BCUT2D eigenvalue weighted by Gasteiger charge is 2.16. The summed E-state index contributed by atoms with van der Waals surface area (Å²) in [7, 11) is 0. The van der Waals surface area contributed by atoms with Crippen molar-refractivity contribution in [1.29, 1.82) is 10.5 Å². The van der Waals surface area contributed by atoms with Gasteiger partial charge < -0.3 is 16.0 Å². The molecular formula is C13H15N5O. The molecule has 0 fully saturated rings. The minimum Gasteiger partial charge on any atom is -0.399 e. The number of carbonyl (C=O) groups is 1. The van der Waals surface area contributed by atoms with Crippen LogP contribution in [0.5, 0.6) is 0 Å². The molecule has 0 saturated heterocycles. The van der Waals surface area contributed by atoms with Gasteiger partial charge in [0.15, 0.2) is 0 Å². The van der Waals surface area contributed by atoms with E-state index in [9.17, 15) is 4.79 Å². The van der Waals surface area contributed by atoms with Gasteiger partial charge in [0.25, 0.3) is 5.91 Å². The van der Waals surface area contributed by atoms with Crippen LogP contribution in [0.3, 0.4) is 0 Å². The fourth-order valence-electron chi connectivity index (χ4n) is 1.66. The summed E-state index contributed by atoms with van der Waals surface area (Å²) in [6.07, 6.45) is 0. The second-order valence-corrected chi connectivity index (χ2v) is 3.81. The number of nitrogens with two attached hydrogens (primary N) is 1. The largest absolute Gasteiger partial charge is 0.399 e. The Hall–Kier alpha value is -2.73. The monoisotopic (exact) mass is 257 g/mol. The van der Waals surface area contributed by atoms with Crippen molar-refractivity contribution in [2.45, 2.75) is 6.92 Å². The van der Waals surface area contributed by atoms with Crippen LogP contribution in [0, 0.1) is 22.7 Å². The van der Waals surface area contributed by atoms with Crippen molar-refractivity contribution in [3.63, 3.8) is 0 Å². The van der Waals surface area contributed by atoms with Crippen molar-refractivity contribution in [2.75, 3.05) is 30.3 Å². The molecule has 6 heteroatoms. The highest BCUT2D eigenvalue weighted by Crippen LogP contribution is 2.23. The molecule has 3 N–H and O–H groups in total. The van der Waals surface area contributed by atoms with Gasteiger partial charge in [-0.1, -0.05) is 0 Å². The summed E-state index contributed by atoms with van der Waals surface area (Å²) in [5, 5.41) is 20.3. The normalized spacial score (nSPS) is 9.21. The SMILES string of the molecule is CCNC(=O)c1ccc(N)cc1N(CC#N)CC#N. The number of nitrogen functional groups attached to an aromatic ring is 1. The van der Waals surface area contributed by atoms with E-state index in [-0.39, 0.29) is 19.0 Å². The van der Waals surface area contributed by atoms with Crippen LogP contribution in [0.4, 0.5) is 11.4 Å². The maximum absolute atomic E-state index is 11.9. The Labute approximate surface area is 112 Å². The third kappa shape index (κ3) is 3.62. The first-order chi connectivity index (χ1) is 9.13. The molecular weight excluding hydrogens is 242 g/mol. The molecule has 1 amide bonds. The molecule has 1 rings (SSSR count). The summed E-state index contributed by atoms with van der Waals surface area (Å²) in [5.74, 6) is -0.252. The number of hydrogen-bond acceptors (Lipinski definition) is 5. The Balaban J connectivity index is 3.22.